The molecule has 2 N–H and O–H groups in total. The van der Waals surface area contributed by atoms with Crippen LogP contribution in [0, 0.1) is 6.92 Å². The highest BCUT2D eigenvalue weighted by Gasteiger charge is 2.50. The van der Waals surface area contributed by atoms with Crippen molar-refractivity contribution in [3.8, 4) is 17.0 Å². The molecule has 10 nitrogen and oxygen atoms in total. The monoisotopic (exact) mass is 523 g/mol. The third-order valence-electron chi connectivity index (χ3n) is 5.73. The lowest BCUT2D eigenvalue weighted by Crippen LogP contribution is -2.36. The van der Waals surface area contributed by atoms with E-state index >= 15 is 0 Å². The van der Waals surface area contributed by atoms with Crippen LogP contribution in [0.3, 0.4) is 0 Å². The Morgan fingerprint density at radius 1 is 1.19 bits per heavy atom. The van der Waals surface area contributed by atoms with Crippen LogP contribution >= 0.6 is 0 Å². The van der Waals surface area contributed by atoms with Crippen molar-refractivity contribution >= 4 is 16.7 Å². The topological polar surface area (TPSA) is 122 Å². The highest BCUT2D eigenvalue weighted by molar-refractivity contribution is 5.80. The molecule has 1 saturated heterocycles. The van der Waals surface area contributed by atoms with Crippen LogP contribution in [-0.2, 0) is 6.54 Å². The van der Waals surface area contributed by atoms with Crippen LogP contribution in [0.25, 0.3) is 22.2 Å². The van der Waals surface area contributed by atoms with Crippen LogP contribution in [0.5, 0.6) is 5.75 Å². The molecule has 1 aliphatic heterocycles. The summed E-state index contributed by atoms with van der Waals surface area (Å²) in [6, 6.07) is 5.41. The summed E-state index contributed by atoms with van der Waals surface area (Å²) in [6.07, 6.45) is -3.74. The molecule has 1 aliphatic rings. The van der Waals surface area contributed by atoms with Crippen molar-refractivity contribution in [2.24, 2.45) is 0 Å². The van der Waals surface area contributed by atoms with E-state index in [0.29, 0.717) is 5.39 Å². The van der Waals surface area contributed by atoms with Gasteiger partial charge in [0.1, 0.15) is 23.9 Å². The molecule has 15 heteroatoms. The van der Waals surface area contributed by atoms with Gasteiger partial charge in [0.05, 0.1) is 36.1 Å². The first-order valence-corrected chi connectivity index (χ1v) is 10.9. The number of aromatic amines is 2. The molecule has 0 spiro atoms. The van der Waals surface area contributed by atoms with Crippen molar-refractivity contribution in [3.05, 3.63) is 63.3 Å². The molecule has 0 unspecified atom stereocenters. The van der Waals surface area contributed by atoms with Crippen molar-refractivity contribution in [2.45, 2.75) is 31.7 Å². The zero-order chi connectivity index (χ0) is 26.5. The van der Waals surface area contributed by atoms with Gasteiger partial charge in [0.2, 0.25) is 0 Å². The highest BCUT2D eigenvalue weighted by atomic mass is 19.4. The summed E-state index contributed by atoms with van der Waals surface area (Å²) in [5.74, 6) is -3.07. The number of halogens is 5. The van der Waals surface area contributed by atoms with Gasteiger partial charge >= 0.3 is 17.8 Å². The van der Waals surface area contributed by atoms with Gasteiger partial charge in [-0.1, -0.05) is 0 Å². The van der Waals surface area contributed by atoms with Gasteiger partial charge < -0.3 is 14.6 Å². The third kappa shape index (κ3) is 5.01. The van der Waals surface area contributed by atoms with Gasteiger partial charge in [0.25, 0.3) is 5.56 Å². The van der Waals surface area contributed by atoms with Crippen LogP contribution in [0.2, 0.25) is 0 Å². The molecular formula is C22H18F5N7O3. The molecule has 4 heterocycles. The van der Waals surface area contributed by atoms with E-state index < -0.39 is 42.5 Å². The zero-order valence-electron chi connectivity index (χ0n) is 19.0. The molecule has 0 aliphatic carbocycles. The number of ether oxygens (including phenoxy) is 1. The average Bonchev–Trinajstić information content (AvgIpc) is 3.32. The Morgan fingerprint density at radius 2 is 1.97 bits per heavy atom. The number of H-pyrrole nitrogens is 2. The predicted octanol–water partition coefficient (Wildman–Crippen LogP) is 2.64. The third-order valence-corrected chi connectivity index (χ3v) is 5.73. The van der Waals surface area contributed by atoms with E-state index in [1.54, 1.807) is 0 Å². The number of fused-ring (bicyclic) bond motifs is 1. The second-order valence-corrected chi connectivity index (χ2v) is 8.53. The standard InChI is InChI=1S/C22H18F5N7O3/c1-11-30-15(14-7-28-20(36)32-19(14)35)5-18(31-11)33-8-17(21(23,24)9-33)37-13-3-2-12-6-29-34(16(12)4-13)10-22(25,26)27/h2-7,17H,8-10H2,1H3,(H2,28,32,35,36)/t17-/m0/s1. The average molecular weight is 523 g/mol. The van der Waals surface area contributed by atoms with Gasteiger partial charge in [-0.15, -0.1) is 0 Å². The van der Waals surface area contributed by atoms with Crippen molar-refractivity contribution in [3.63, 3.8) is 0 Å². The Morgan fingerprint density at radius 3 is 2.70 bits per heavy atom. The molecule has 1 atom stereocenters. The SMILES string of the molecule is Cc1nc(-c2c[nH]c(=O)[nH]c2=O)cc(N2C[C@H](Oc3ccc4cnn(CC(F)(F)F)c4c3)C(F)(F)C2)n1. The number of rotatable bonds is 5. The predicted molar refractivity (Wildman–Crippen MR) is 121 cm³/mol. The van der Waals surface area contributed by atoms with E-state index in [4.69, 9.17) is 4.74 Å². The van der Waals surface area contributed by atoms with Crippen LogP contribution in [0.15, 0.2) is 46.2 Å². The number of anilines is 1. The smallest absolute Gasteiger partial charge is 0.408 e. The molecule has 4 aromatic rings. The molecule has 5 rings (SSSR count). The largest absolute Gasteiger partial charge is 0.482 e. The van der Waals surface area contributed by atoms with E-state index in [9.17, 15) is 31.5 Å². The Kier molecular flexibility index (Phi) is 5.72. The number of aromatic nitrogens is 6. The molecule has 37 heavy (non-hydrogen) atoms. The molecule has 0 bridgehead atoms. The summed E-state index contributed by atoms with van der Waals surface area (Å²) in [4.78, 5) is 37.5. The van der Waals surface area contributed by atoms with Gasteiger partial charge in [0.15, 0.2) is 6.10 Å². The van der Waals surface area contributed by atoms with Crippen LogP contribution in [0.1, 0.15) is 5.82 Å². The van der Waals surface area contributed by atoms with Crippen molar-refractivity contribution < 1.29 is 26.7 Å². The van der Waals surface area contributed by atoms with Gasteiger partial charge in [-0.25, -0.2) is 23.5 Å². The van der Waals surface area contributed by atoms with Crippen molar-refractivity contribution in [1.29, 1.82) is 0 Å². The molecule has 0 saturated carbocycles. The molecule has 194 valence electrons. The van der Waals surface area contributed by atoms with E-state index in [1.165, 1.54) is 42.3 Å². The summed E-state index contributed by atoms with van der Waals surface area (Å²) < 4.78 is 74.7. The lowest BCUT2D eigenvalue weighted by atomic mass is 10.2. The van der Waals surface area contributed by atoms with Gasteiger partial charge in [-0.3, -0.25) is 14.5 Å². The Labute approximate surface area is 203 Å². The fourth-order valence-corrected chi connectivity index (χ4v) is 4.09. The molecule has 3 aromatic heterocycles. The van der Waals surface area contributed by atoms with Crippen LogP contribution in [-0.4, -0.2) is 61.0 Å². The first kappa shape index (κ1) is 24.4. The number of alkyl halides is 5. The Bertz CT molecular complexity index is 1590. The van der Waals surface area contributed by atoms with Crippen LogP contribution in [0.4, 0.5) is 27.8 Å². The quantitative estimate of drug-likeness (QED) is 0.386. The molecule has 0 amide bonds. The number of hydrogen-bond donors (Lipinski definition) is 2. The van der Waals surface area contributed by atoms with Crippen LogP contribution < -0.4 is 20.9 Å². The highest BCUT2D eigenvalue weighted by Crippen LogP contribution is 2.35. The van der Waals surface area contributed by atoms with Gasteiger partial charge in [-0.05, 0) is 19.1 Å². The first-order valence-electron chi connectivity index (χ1n) is 10.9. The molecule has 1 aromatic carbocycles. The Hall–Kier alpha value is -4.30. The second kappa shape index (κ2) is 8.67. The maximum atomic E-state index is 14.9. The number of aryl methyl sites for hydroxylation is 1. The van der Waals surface area contributed by atoms with Gasteiger partial charge in [-0.2, -0.15) is 18.3 Å². The fraction of sp³-hybridized carbons (Fsp3) is 0.318. The number of hydrogen-bond acceptors (Lipinski definition) is 7. The Balaban J connectivity index is 1.41. The summed E-state index contributed by atoms with van der Waals surface area (Å²) in [7, 11) is 0. The van der Waals surface area contributed by atoms with E-state index in [-0.39, 0.29) is 40.7 Å². The lowest BCUT2D eigenvalue weighted by Gasteiger charge is -2.19. The zero-order valence-corrected chi connectivity index (χ0v) is 19.0. The minimum absolute atomic E-state index is 0.0221. The molecular weight excluding hydrogens is 505 g/mol. The first-order chi connectivity index (χ1) is 17.4. The van der Waals surface area contributed by atoms with E-state index in [0.717, 1.165) is 10.9 Å². The van der Waals surface area contributed by atoms with E-state index in [1.807, 2.05) is 0 Å². The summed E-state index contributed by atoms with van der Waals surface area (Å²) in [5.41, 5.74) is -1.18. The summed E-state index contributed by atoms with van der Waals surface area (Å²) >= 11 is 0. The minimum Gasteiger partial charge on any atom is -0.482 e. The van der Waals surface area contributed by atoms with E-state index in [2.05, 4.69) is 25.0 Å². The minimum atomic E-state index is -4.51. The summed E-state index contributed by atoms with van der Waals surface area (Å²) in [6.45, 7) is -0.871. The van der Waals surface area contributed by atoms with Crippen molar-refractivity contribution in [2.75, 3.05) is 18.0 Å². The maximum Gasteiger partial charge on any atom is 0.408 e. The number of nitrogens with one attached hydrogen (secondary N) is 2. The number of nitrogens with zero attached hydrogens (tertiary/aromatic N) is 5. The maximum absolute atomic E-state index is 14.9. The molecule has 1 fully saturated rings. The second-order valence-electron chi connectivity index (χ2n) is 8.53. The lowest BCUT2D eigenvalue weighted by molar-refractivity contribution is -0.141. The fourth-order valence-electron chi connectivity index (χ4n) is 4.09. The number of benzene rings is 1. The van der Waals surface area contributed by atoms with Crippen molar-refractivity contribution in [1.82, 2.24) is 29.7 Å². The summed E-state index contributed by atoms with van der Waals surface area (Å²) in [5, 5.41) is 4.11. The normalized spacial score (nSPS) is 17.5. The van der Waals surface area contributed by atoms with Gasteiger partial charge in [0, 0.05) is 23.7 Å². The molecule has 0 radical (unpaired) electrons.